The molecule has 1 amide bonds. The first-order chi connectivity index (χ1) is 7.11. The van der Waals surface area contributed by atoms with Crippen LogP contribution in [0.25, 0.3) is 0 Å². The highest BCUT2D eigenvalue weighted by molar-refractivity contribution is 8.00. The molecule has 2 saturated heterocycles. The smallest absolute Gasteiger partial charge is 0.304 e. The predicted molar refractivity (Wildman–Crippen MR) is 52.7 cm³/mol. The normalized spacial score (nSPS) is 26.7. The molecule has 0 aliphatic carbocycles. The van der Waals surface area contributed by atoms with Gasteiger partial charge in [-0.25, -0.2) is 0 Å². The Balaban J connectivity index is 0.000000162. The topological polar surface area (TPSA) is 77.2 Å². The van der Waals surface area contributed by atoms with Gasteiger partial charge in [-0.2, -0.15) is 0 Å². The van der Waals surface area contributed by atoms with Crippen LogP contribution < -0.4 is 5.32 Å². The van der Waals surface area contributed by atoms with E-state index < -0.39 is 0 Å². The number of amides is 1. The number of carbonyl (C=O) groups excluding carboxylic acids is 2. The van der Waals surface area contributed by atoms with E-state index in [9.17, 15) is 9.59 Å². The summed E-state index contributed by atoms with van der Waals surface area (Å²) in [7, 11) is 1.67. The molecule has 2 heterocycles. The molecule has 2 aliphatic heterocycles. The lowest BCUT2D eigenvalue weighted by molar-refractivity contribution is -0.158. The van der Waals surface area contributed by atoms with Crippen molar-refractivity contribution in [1.82, 2.24) is 5.32 Å². The van der Waals surface area contributed by atoms with Crippen LogP contribution in [0, 0.1) is 0 Å². The van der Waals surface area contributed by atoms with E-state index in [-0.39, 0.29) is 18.1 Å². The van der Waals surface area contributed by atoms with Crippen LogP contribution in [0.5, 0.6) is 0 Å². The zero-order valence-electron chi connectivity index (χ0n) is 8.52. The summed E-state index contributed by atoms with van der Waals surface area (Å²) in [6.07, 6.45) is -0.0606. The van der Waals surface area contributed by atoms with Crippen LogP contribution in [-0.2, 0) is 23.2 Å². The van der Waals surface area contributed by atoms with Gasteiger partial charge in [0.05, 0.1) is 13.0 Å². The lowest BCUT2D eigenvalue weighted by atomic mass is 10.2. The van der Waals surface area contributed by atoms with Gasteiger partial charge >= 0.3 is 5.97 Å². The number of nitrogens with one attached hydrogen (secondary N) is 1. The maximum Gasteiger partial charge on any atom is 0.304 e. The number of esters is 1. The summed E-state index contributed by atoms with van der Waals surface area (Å²) in [5.74, 6) is -0.429. The van der Waals surface area contributed by atoms with Crippen molar-refractivity contribution in [3.63, 3.8) is 0 Å². The Morgan fingerprint density at radius 3 is 2.60 bits per heavy atom. The summed E-state index contributed by atoms with van der Waals surface area (Å²) in [4.78, 5) is 20.4. The summed E-state index contributed by atoms with van der Waals surface area (Å²) in [6, 6.07) is 0. The summed E-state index contributed by atoms with van der Waals surface area (Å²) in [5.41, 5.74) is 0.343. The van der Waals surface area contributed by atoms with Crippen molar-refractivity contribution in [2.24, 2.45) is 0 Å². The van der Waals surface area contributed by atoms with Crippen LogP contribution in [0.2, 0.25) is 0 Å². The van der Waals surface area contributed by atoms with Crippen molar-refractivity contribution >= 4 is 23.9 Å². The van der Waals surface area contributed by atoms with Crippen molar-refractivity contribution in [3.05, 3.63) is 0 Å². The van der Waals surface area contributed by atoms with Gasteiger partial charge in [0.1, 0.15) is 0 Å². The van der Waals surface area contributed by atoms with Crippen LogP contribution in [0.15, 0.2) is 0 Å². The average Bonchev–Trinajstić information content (AvgIpc) is 2.86. The number of rotatable bonds is 3. The predicted octanol–water partition coefficient (Wildman–Crippen LogP) is 0.0328. The molecule has 0 aromatic heterocycles. The van der Waals surface area contributed by atoms with Crippen LogP contribution in [0.4, 0.5) is 0 Å². The number of methoxy groups -OCH3 is 1. The van der Waals surface area contributed by atoms with Gasteiger partial charge in [0.25, 0.3) is 0 Å². The highest BCUT2D eigenvalue weighted by atomic mass is 32.2. The second kappa shape index (κ2) is 5.94. The van der Waals surface area contributed by atoms with Gasteiger partial charge in [-0.05, 0) is 0 Å². The summed E-state index contributed by atoms with van der Waals surface area (Å²) >= 11 is 1.47. The Morgan fingerprint density at radius 1 is 1.73 bits per heavy atom. The fourth-order valence-corrected chi connectivity index (χ4v) is 1.15. The SMILES string of the molecule is CC(=O)OC1CC(=O)N1.COCC1OS1. The molecule has 15 heavy (non-hydrogen) atoms. The largest absolute Gasteiger partial charge is 0.441 e. The van der Waals surface area contributed by atoms with Crippen molar-refractivity contribution in [1.29, 1.82) is 0 Å². The van der Waals surface area contributed by atoms with Gasteiger partial charge in [0.15, 0.2) is 11.7 Å². The molecule has 0 spiro atoms. The molecule has 7 heteroatoms. The van der Waals surface area contributed by atoms with Gasteiger partial charge in [0, 0.05) is 26.1 Å². The molecule has 1 N–H and O–H groups in total. The first-order valence-corrected chi connectivity index (χ1v) is 5.20. The van der Waals surface area contributed by atoms with E-state index in [0.29, 0.717) is 11.9 Å². The lowest BCUT2D eigenvalue weighted by Gasteiger charge is -2.25. The van der Waals surface area contributed by atoms with Crippen LogP contribution in [0.3, 0.4) is 0 Å². The van der Waals surface area contributed by atoms with E-state index in [1.54, 1.807) is 7.11 Å². The first-order valence-electron chi connectivity index (χ1n) is 4.39. The molecule has 0 bridgehead atoms. The third kappa shape index (κ3) is 5.60. The molecule has 0 radical (unpaired) electrons. The number of hydrogen-bond acceptors (Lipinski definition) is 6. The molecule has 2 fully saturated rings. The molecular weight excluding hydrogens is 222 g/mol. The highest BCUT2D eigenvalue weighted by Gasteiger charge is 2.27. The first kappa shape index (κ1) is 12.3. The third-order valence-corrected chi connectivity index (χ3v) is 2.14. The number of ether oxygens (including phenoxy) is 2. The zero-order chi connectivity index (χ0) is 11.3. The van der Waals surface area contributed by atoms with E-state index in [1.165, 1.54) is 19.0 Å². The van der Waals surface area contributed by atoms with Gasteiger partial charge < -0.3 is 14.8 Å². The van der Waals surface area contributed by atoms with E-state index in [4.69, 9.17) is 8.92 Å². The van der Waals surface area contributed by atoms with Crippen molar-refractivity contribution in [2.75, 3.05) is 13.7 Å². The molecule has 0 aromatic rings. The quantitative estimate of drug-likeness (QED) is 0.322. The minimum atomic E-state index is -0.366. The molecule has 2 rings (SSSR count). The fourth-order valence-electron chi connectivity index (χ4n) is 0.829. The van der Waals surface area contributed by atoms with Crippen LogP contribution in [-0.4, -0.2) is 37.3 Å². The Morgan fingerprint density at radius 2 is 2.33 bits per heavy atom. The van der Waals surface area contributed by atoms with E-state index in [2.05, 4.69) is 10.1 Å². The lowest BCUT2D eigenvalue weighted by Crippen LogP contribution is -2.50. The van der Waals surface area contributed by atoms with Crippen molar-refractivity contribution < 1.29 is 23.2 Å². The molecule has 0 aromatic carbocycles. The maximum absolute atomic E-state index is 10.2. The Kier molecular flexibility index (Phi) is 4.86. The average molecular weight is 235 g/mol. The third-order valence-electron chi connectivity index (χ3n) is 1.54. The van der Waals surface area contributed by atoms with Gasteiger partial charge in [-0.3, -0.25) is 13.8 Å². The van der Waals surface area contributed by atoms with Gasteiger partial charge in [0.2, 0.25) is 5.91 Å². The van der Waals surface area contributed by atoms with E-state index in [1.807, 2.05) is 0 Å². The van der Waals surface area contributed by atoms with Crippen LogP contribution in [0.1, 0.15) is 13.3 Å². The zero-order valence-corrected chi connectivity index (χ0v) is 9.33. The Hall–Kier alpha value is -0.790. The fraction of sp³-hybridized carbons (Fsp3) is 0.750. The number of β-lactam (4-membered cyclic amide) rings is 1. The second-order valence-electron chi connectivity index (χ2n) is 2.95. The van der Waals surface area contributed by atoms with Gasteiger partial charge in [-0.15, -0.1) is 0 Å². The highest BCUT2D eigenvalue weighted by Crippen LogP contribution is 2.32. The number of hydrogen-bond donors (Lipinski definition) is 1. The molecule has 0 saturated carbocycles. The standard InChI is InChI=1S/C5H7NO3.C3H6O2S/c1-3(7)9-5-2-4(8)6-5;1-4-2-3-5-6-3/h5H,2H2,1H3,(H,6,8);3H,2H2,1H3. The minimum absolute atomic E-state index is 0.0683. The Bertz CT molecular complexity index is 235. The minimum Gasteiger partial charge on any atom is -0.441 e. The molecule has 86 valence electrons. The van der Waals surface area contributed by atoms with Crippen molar-refractivity contribution in [2.45, 2.75) is 25.0 Å². The molecular formula is C8H13NO5S. The van der Waals surface area contributed by atoms with Gasteiger partial charge in [-0.1, -0.05) is 0 Å². The Labute approximate surface area is 91.8 Å². The molecule has 6 nitrogen and oxygen atoms in total. The molecule has 2 atom stereocenters. The van der Waals surface area contributed by atoms with Crippen molar-refractivity contribution in [3.8, 4) is 0 Å². The number of carbonyl (C=O) groups is 2. The molecule has 2 unspecified atom stereocenters. The summed E-state index contributed by atoms with van der Waals surface area (Å²) in [5, 5.41) is 2.39. The van der Waals surface area contributed by atoms with E-state index in [0.717, 1.165) is 6.61 Å². The summed E-state index contributed by atoms with van der Waals surface area (Å²) < 4.78 is 14.0. The van der Waals surface area contributed by atoms with Crippen LogP contribution >= 0.6 is 12.0 Å². The van der Waals surface area contributed by atoms with E-state index >= 15 is 0 Å². The molecule has 2 aliphatic rings. The summed E-state index contributed by atoms with van der Waals surface area (Å²) in [6.45, 7) is 2.04. The second-order valence-corrected chi connectivity index (χ2v) is 3.86. The maximum atomic E-state index is 10.2. The monoisotopic (exact) mass is 235 g/mol.